The molecular weight excluding hydrogens is 254 g/mol. The minimum atomic E-state index is -0.672. The quantitative estimate of drug-likeness (QED) is 0.868. The molecule has 1 heterocycles. The number of hydrogen-bond donors (Lipinski definition) is 1. The van der Waals surface area contributed by atoms with Crippen LogP contribution in [0.2, 0.25) is 0 Å². The Labute approximate surface area is 120 Å². The van der Waals surface area contributed by atoms with Crippen LogP contribution in [0.3, 0.4) is 0 Å². The highest BCUT2D eigenvalue weighted by Crippen LogP contribution is 2.20. The summed E-state index contributed by atoms with van der Waals surface area (Å²) in [5.74, 6) is 0.00847. The first-order chi connectivity index (χ1) is 9.69. The zero-order valence-electron chi connectivity index (χ0n) is 12.0. The van der Waals surface area contributed by atoms with Crippen LogP contribution >= 0.6 is 0 Å². The van der Waals surface area contributed by atoms with Crippen LogP contribution in [0.15, 0.2) is 24.3 Å². The fraction of sp³-hybridized carbons (Fsp3) is 0.562. The Morgan fingerprint density at radius 2 is 2.35 bits per heavy atom. The largest absolute Gasteiger partial charge is 0.494 e. The van der Waals surface area contributed by atoms with Crippen LogP contribution in [0.25, 0.3) is 0 Å². The van der Waals surface area contributed by atoms with Crippen molar-refractivity contribution in [2.24, 2.45) is 5.92 Å². The second kappa shape index (κ2) is 7.29. The molecule has 1 aromatic rings. The molecule has 0 bridgehead atoms. The molecule has 110 valence electrons. The van der Waals surface area contributed by atoms with Crippen LogP contribution in [0, 0.1) is 5.92 Å². The van der Waals surface area contributed by atoms with Crippen LogP contribution in [-0.2, 0) is 11.3 Å². The van der Waals surface area contributed by atoms with Gasteiger partial charge in [0.1, 0.15) is 5.75 Å². The van der Waals surface area contributed by atoms with Gasteiger partial charge in [-0.25, -0.2) is 0 Å². The smallest absolute Gasteiger partial charge is 0.307 e. The van der Waals surface area contributed by atoms with Gasteiger partial charge in [-0.1, -0.05) is 19.1 Å². The second-order valence-corrected chi connectivity index (χ2v) is 5.41. The lowest BCUT2D eigenvalue weighted by molar-refractivity contribution is -0.143. The molecule has 0 amide bonds. The maximum absolute atomic E-state index is 11.1. The van der Waals surface area contributed by atoms with Crippen molar-refractivity contribution in [2.45, 2.75) is 32.7 Å². The van der Waals surface area contributed by atoms with Gasteiger partial charge >= 0.3 is 5.97 Å². The Morgan fingerprint density at radius 3 is 3.10 bits per heavy atom. The van der Waals surface area contributed by atoms with E-state index in [1.807, 2.05) is 12.1 Å². The number of piperidine rings is 1. The van der Waals surface area contributed by atoms with Gasteiger partial charge < -0.3 is 9.84 Å². The van der Waals surface area contributed by atoms with E-state index in [0.717, 1.165) is 44.7 Å². The van der Waals surface area contributed by atoms with E-state index in [2.05, 4.69) is 24.0 Å². The minimum absolute atomic E-state index is 0.219. The third-order valence-electron chi connectivity index (χ3n) is 3.63. The molecule has 0 spiro atoms. The van der Waals surface area contributed by atoms with E-state index in [-0.39, 0.29) is 5.92 Å². The summed E-state index contributed by atoms with van der Waals surface area (Å²) in [5, 5.41) is 9.12. The molecule has 1 aliphatic rings. The van der Waals surface area contributed by atoms with Gasteiger partial charge in [0.25, 0.3) is 0 Å². The number of ether oxygens (including phenoxy) is 1. The zero-order chi connectivity index (χ0) is 14.4. The van der Waals surface area contributed by atoms with Crippen molar-refractivity contribution < 1.29 is 14.6 Å². The number of aliphatic carboxylic acids is 1. The highest BCUT2D eigenvalue weighted by Gasteiger charge is 2.25. The number of carboxylic acid groups (broad SMARTS) is 1. The summed E-state index contributed by atoms with van der Waals surface area (Å²) < 4.78 is 5.63. The maximum atomic E-state index is 11.1. The van der Waals surface area contributed by atoms with Crippen LogP contribution in [0.4, 0.5) is 0 Å². The Hall–Kier alpha value is -1.55. The molecule has 1 saturated heterocycles. The van der Waals surface area contributed by atoms with Crippen molar-refractivity contribution in [1.82, 2.24) is 4.90 Å². The highest BCUT2D eigenvalue weighted by molar-refractivity contribution is 5.70. The first kappa shape index (κ1) is 14.9. The monoisotopic (exact) mass is 277 g/mol. The van der Waals surface area contributed by atoms with E-state index in [9.17, 15) is 4.79 Å². The van der Waals surface area contributed by atoms with Crippen LogP contribution in [0.5, 0.6) is 5.75 Å². The fourth-order valence-corrected chi connectivity index (χ4v) is 2.61. The van der Waals surface area contributed by atoms with Crippen LogP contribution in [0.1, 0.15) is 31.7 Å². The van der Waals surface area contributed by atoms with Gasteiger partial charge in [0.05, 0.1) is 12.5 Å². The lowest BCUT2D eigenvalue weighted by Crippen LogP contribution is -2.38. The third kappa shape index (κ3) is 4.23. The molecule has 0 aromatic heterocycles. The lowest BCUT2D eigenvalue weighted by atomic mass is 9.98. The molecule has 1 atom stereocenters. The predicted octanol–water partition coefficient (Wildman–Crippen LogP) is 2.77. The van der Waals surface area contributed by atoms with E-state index in [1.54, 1.807) is 0 Å². The molecule has 0 aliphatic carbocycles. The van der Waals surface area contributed by atoms with E-state index in [1.165, 1.54) is 5.56 Å². The third-order valence-corrected chi connectivity index (χ3v) is 3.63. The van der Waals surface area contributed by atoms with Crippen LogP contribution in [-0.4, -0.2) is 35.7 Å². The number of likely N-dealkylation sites (tertiary alicyclic amines) is 1. The fourth-order valence-electron chi connectivity index (χ4n) is 2.61. The van der Waals surface area contributed by atoms with Gasteiger partial charge in [0, 0.05) is 13.1 Å². The molecule has 1 N–H and O–H groups in total. The lowest BCUT2D eigenvalue weighted by Gasteiger charge is -2.30. The number of benzene rings is 1. The first-order valence-electron chi connectivity index (χ1n) is 7.36. The summed E-state index contributed by atoms with van der Waals surface area (Å²) in [6, 6.07) is 8.09. The zero-order valence-corrected chi connectivity index (χ0v) is 12.0. The van der Waals surface area contributed by atoms with Crippen molar-refractivity contribution in [3.05, 3.63) is 29.8 Å². The summed E-state index contributed by atoms with van der Waals surface area (Å²) in [6.45, 7) is 5.24. The number of carboxylic acids is 1. The van der Waals surface area contributed by atoms with E-state index in [4.69, 9.17) is 9.84 Å². The van der Waals surface area contributed by atoms with Gasteiger partial charge in [-0.15, -0.1) is 0 Å². The van der Waals surface area contributed by atoms with E-state index < -0.39 is 5.97 Å². The van der Waals surface area contributed by atoms with E-state index >= 15 is 0 Å². The predicted molar refractivity (Wildman–Crippen MR) is 77.9 cm³/mol. The summed E-state index contributed by atoms with van der Waals surface area (Å²) in [6.07, 6.45) is 2.76. The second-order valence-electron chi connectivity index (χ2n) is 5.41. The van der Waals surface area contributed by atoms with Crippen molar-refractivity contribution >= 4 is 5.97 Å². The van der Waals surface area contributed by atoms with Crippen molar-refractivity contribution in [1.29, 1.82) is 0 Å². The highest BCUT2D eigenvalue weighted by atomic mass is 16.5. The Bertz CT molecular complexity index is 447. The topological polar surface area (TPSA) is 49.8 Å². The average Bonchev–Trinajstić information content (AvgIpc) is 2.46. The minimum Gasteiger partial charge on any atom is -0.494 e. The van der Waals surface area contributed by atoms with Crippen molar-refractivity contribution in [3.63, 3.8) is 0 Å². The van der Waals surface area contributed by atoms with Gasteiger partial charge in [-0.2, -0.15) is 0 Å². The maximum Gasteiger partial charge on any atom is 0.307 e. The normalized spacial score (nSPS) is 19.8. The van der Waals surface area contributed by atoms with Crippen LogP contribution < -0.4 is 4.74 Å². The van der Waals surface area contributed by atoms with Gasteiger partial charge in [0.15, 0.2) is 0 Å². The molecule has 0 saturated carbocycles. The summed E-state index contributed by atoms with van der Waals surface area (Å²) in [5.41, 5.74) is 1.18. The molecule has 1 unspecified atom stereocenters. The molecule has 1 fully saturated rings. The SMILES string of the molecule is CCCOc1cccc(CN2CCCC(C(=O)O)C2)c1. The summed E-state index contributed by atoms with van der Waals surface area (Å²) >= 11 is 0. The van der Waals surface area contributed by atoms with Crippen molar-refractivity contribution in [2.75, 3.05) is 19.7 Å². The van der Waals surface area contributed by atoms with Gasteiger partial charge in [-0.05, 0) is 43.5 Å². The number of rotatable bonds is 6. The molecule has 0 radical (unpaired) electrons. The standard InChI is InChI=1S/C16H23NO3/c1-2-9-20-15-7-3-5-13(10-15)11-17-8-4-6-14(12-17)16(18)19/h3,5,7,10,14H,2,4,6,8-9,11-12H2,1H3,(H,18,19). The Kier molecular flexibility index (Phi) is 5.41. The molecule has 1 aromatic carbocycles. The first-order valence-corrected chi connectivity index (χ1v) is 7.36. The molecule has 1 aliphatic heterocycles. The number of carbonyl (C=O) groups is 1. The Balaban J connectivity index is 1.93. The van der Waals surface area contributed by atoms with E-state index in [0.29, 0.717) is 6.54 Å². The van der Waals surface area contributed by atoms with Gasteiger partial charge in [-0.3, -0.25) is 9.69 Å². The van der Waals surface area contributed by atoms with Crippen molar-refractivity contribution in [3.8, 4) is 5.75 Å². The Morgan fingerprint density at radius 1 is 1.50 bits per heavy atom. The number of nitrogens with zero attached hydrogens (tertiary/aromatic N) is 1. The molecular formula is C16H23NO3. The molecule has 2 rings (SSSR count). The van der Waals surface area contributed by atoms with Gasteiger partial charge in [0.2, 0.25) is 0 Å². The molecule has 4 nitrogen and oxygen atoms in total. The summed E-state index contributed by atoms with van der Waals surface area (Å²) in [7, 11) is 0. The number of hydrogen-bond acceptors (Lipinski definition) is 3. The molecule has 4 heteroatoms. The summed E-state index contributed by atoms with van der Waals surface area (Å²) in [4.78, 5) is 13.3. The average molecular weight is 277 g/mol. The molecule has 20 heavy (non-hydrogen) atoms.